The number of amides is 1. The number of pyridine rings is 1. The van der Waals surface area contributed by atoms with E-state index in [0.717, 1.165) is 8.95 Å². The second-order valence-electron chi connectivity index (χ2n) is 6.57. The maximum Gasteiger partial charge on any atom is 0.297 e. The smallest absolute Gasteiger partial charge is 0.293 e. The van der Waals surface area contributed by atoms with Gasteiger partial charge in [-0.3, -0.25) is 19.3 Å². The Bertz CT molecular complexity index is 1080. The van der Waals surface area contributed by atoms with E-state index in [4.69, 9.17) is 0 Å². The number of hydrogen-bond acceptors (Lipinski definition) is 4. The first-order chi connectivity index (χ1) is 14.0. The SMILES string of the molecule is O=C1C(=O)N(c2ccccn2)C(c2ccc(Br)cc2)C1C(=O)c1ccc(Br)cc1. The molecule has 144 valence electrons. The van der Waals surface area contributed by atoms with Crippen molar-refractivity contribution in [1.82, 2.24) is 4.98 Å². The van der Waals surface area contributed by atoms with Gasteiger partial charge in [0, 0.05) is 20.7 Å². The predicted molar refractivity (Wildman–Crippen MR) is 116 cm³/mol. The fourth-order valence-electron chi connectivity index (χ4n) is 3.47. The molecule has 5 nitrogen and oxygen atoms in total. The number of aromatic nitrogens is 1. The summed E-state index contributed by atoms with van der Waals surface area (Å²) in [5.41, 5.74) is 1.07. The number of carbonyl (C=O) groups excluding carboxylic acids is 3. The van der Waals surface area contributed by atoms with Gasteiger partial charge in [0.15, 0.2) is 5.78 Å². The number of nitrogens with zero attached hydrogens (tertiary/aromatic N) is 2. The van der Waals surface area contributed by atoms with Crippen molar-refractivity contribution < 1.29 is 14.4 Å². The van der Waals surface area contributed by atoms with E-state index in [-0.39, 0.29) is 5.78 Å². The summed E-state index contributed by atoms with van der Waals surface area (Å²) in [4.78, 5) is 44.8. The van der Waals surface area contributed by atoms with Crippen LogP contribution in [0.3, 0.4) is 0 Å². The van der Waals surface area contributed by atoms with Gasteiger partial charge in [0.25, 0.3) is 5.91 Å². The van der Waals surface area contributed by atoms with Crippen molar-refractivity contribution in [3.63, 3.8) is 0 Å². The summed E-state index contributed by atoms with van der Waals surface area (Å²) in [6.45, 7) is 0. The number of ketones is 2. The molecule has 1 aliphatic heterocycles. The van der Waals surface area contributed by atoms with Crippen molar-refractivity contribution in [1.29, 1.82) is 0 Å². The normalized spacial score (nSPS) is 18.9. The minimum Gasteiger partial charge on any atom is -0.293 e. The zero-order chi connectivity index (χ0) is 20.5. The molecule has 0 radical (unpaired) electrons. The third-order valence-corrected chi connectivity index (χ3v) is 5.88. The van der Waals surface area contributed by atoms with Crippen molar-refractivity contribution >= 4 is 55.2 Å². The first kappa shape index (κ1) is 19.7. The van der Waals surface area contributed by atoms with Crippen molar-refractivity contribution in [3.05, 3.63) is 93.0 Å². The molecule has 3 aromatic rings. The van der Waals surface area contributed by atoms with E-state index in [1.165, 1.54) is 4.90 Å². The molecule has 0 spiro atoms. The van der Waals surface area contributed by atoms with Gasteiger partial charge in [-0.25, -0.2) is 4.98 Å². The largest absolute Gasteiger partial charge is 0.297 e. The molecule has 1 aromatic heterocycles. The highest BCUT2D eigenvalue weighted by Crippen LogP contribution is 2.40. The van der Waals surface area contributed by atoms with Crippen molar-refractivity contribution in [3.8, 4) is 0 Å². The summed E-state index contributed by atoms with van der Waals surface area (Å²) < 4.78 is 1.68. The lowest BCUT2D eigenvalue weighted by molar-refractivity contribution is -0.135. The number of benzene rings is 2. The summed E-state index contributed by atoms with van der Waals surface area (Å²) in [7, 11) is 0. The lowest BCUT2D eigenvalue weighted by Crippen LogP contribution is -2.31. The van der Waals surface area contributed by atoms with Gasteiger partial charge in [-0.05, 0) is 42.0 Å². The summed E-state index contributed by atoms with van der Waals surface area (Å²) in [6.07, 6.45) is 1.55. The van der Waals surface area contributed by atoms with Crippen LogP contribution < -0.4 is 4.90 Å². The Hall–Kier alpha value is -2.64. The van der Waals surface area contributed by atoms with Crippen LogP contribution in [0.2, 0.25) is 0 Å². The number of halogens is 2. The Balaban J connectivity index is 1.84. The zero-order valence-electron chi connectivity index (χ0n) is 15.0. The van der Waals surface area contributed by atoms with Gasteiger partial charge in [0.1, 0.15) is 11.7 Å². The van der Waals surface area contributed by atoms with Gasteiger partial charge >= 0.3 is 0 Å². The van der Waals surface area contributed by atoms with Crippen LogP contribution in [0, 0.1) is 5.92 Å². The number of rotatable bonds is 4. The number of carbonyl (C=O) groups is 3. The van der Waals surface area contributed by atoms with E-state index >= 15 is 0 Å². The molecule has 1 amide bonds. The zero-order valence-corrected chi connectivity index (χ0v) is 18.1. The minimum atomic E-state index is -1.15. The average Bonchev–Trinajstić information content (AvgIpc) is 3.00. The van der Waals surface area contributed by atoms with Gasteiger partial charge in [-0.15, -0.1) is 0 Å². The topological polar surface area (TPSA) is 67.3 Å². The number of anilines is 1. The van der Waals surface area contributed by atoms with E-state index in [1.807, 2.05) is 12.1 Å². The monoisotopic (exact) mass is 512 g/mol. The Labute approximate surface area is 184 Å². The summed E-state index contributed by atoms with van der Waals surface area (Å²) >= 11 is 6.74. The molecule has 0 bridgehead atoms. The van der Waals surface area contributed by atoms with Crippen LogP contribution in [0.5, 0.6) is 0 Å². The lowest BCUT2D eigenvalue weighted by atomic mass is 9.86. The quantitative estimate of drug-likeness (QED) is 0.286. The Morgan fingerprint density at radius 1 is 0.862 bits per heavy atom. The van der Waals surface area contributed by atoms with Crippen molar-refractivity contribution in [2.75, 3.05) is 4.90 Å². The second kappa shape index (κ2) is 8.00. The van der Waals surface area contributed by atoms with Crippen LogP contribution in [0.4, 0.5) is 5.82 Å². The highest BCUT2D eigenvalue weighted by molar-refractivity contribution is 9.10. The lowest BCUT2D eigenvalue weighted by Gasteiger charge is -2.26. The molecule has 29 heavy (non-hydrogen) atoms. The van der Waals surface area contributed by atoms with Gasteiger partial charge < -0.3 is 0 Å². The van der Waals surface area contributed by atoms with Crippen LogP contribution in [-0.2, 0) is 9.59 Å². The summed E-state index contributed by atoms with van der Waals surface area (Å²) in [5.74, 6) is -2.65. The molecule has 1 saturated heterocycles. The molecule has 2 aromatic carbocycles. The summed E-state index contributed by atoms with van der Waals surface area (Å²) in [6, 6.07) is 18.4. The highest BCUT2D eigenvalue weighted by atomic mass is 79.9. The van der Waals surface area contributed by atoms with Gasteiger partial charge in [-0.1, -0.05) is 62.2 Å². The van der Waals surface area contributed by atoms with Crippen molar-refractivity contribution in [2.24, 2.45) is 5.92 Å². The maximum atomic E-state index is 13.3. The molecule has 2 atom stereocenters. The van der Waals surface area contributed by atoms with E-state index in [2.05, 4.69) is 36.8 Å². The molecule has 2 heterocycles. The maximum absolute atomic E-state index is 13.3. The number of Topliss-reactive ketones (excluding diaryl/α,β-unsaturated/α-hetero) is 2. The molecular weight excluding hydrogens is 500 g/mol. The molecule has 0 aliphatic carbocycles. The van der Waals surface area contributed by atoms with E-state index < -0.39 is 23.7 Å². The Morgan fingerprint density at radius 3 is 2.07 bits per heavy atom. The van der Waals surface area contributed by atoms with E-state index in [1.54, 1.807) is 60.8 Å². The number of hydrogen-bond donors (Lipinski definition) is 0. The molecule has 1 aliphatic rings. The third kappa shape index (κ3) is 3.68. The van der Waals surface area contributed by atoms with Crippen LogP contribution >= 0.6 is 31.9 Å². The van der Waals surface area contributed by atoms with Crippen LogP contribution in [0.1, 0.15) is 22.0 Å². The van der Waals surface area contributed by atoms with Crippen LogP contribution in [-0.4, -0.2) is 22.5 Å². The molecule has 7 heteroatoms. The van der Waals surface area contributed by atoms with Gasteiger partial charge in [0.05, 0.1) is 6.04 Å². The average molecular weight is 514 g/mol. The predicted octanol–water partition coefficient (Wildman–Crippen LogP) is 4.76. The fourth-order valence-corrected chi connectivity index (χ4v) is 4.00. The standard InChI is InChI=1S/C22H14Br2N2O3/c23-15-8-4-13(5-9-15)19-18(20(27)14-6-10-16(24)11-7-14)21(28)22(29)26(19)17-3-1-2-12-25-17/h1-12,18-19H. The van der Waals surface area contributed by atoms with Crippen LogP contribution in [0.15, 0.2) is 81.9 Å². The highest BCUT2D eigenvalue weighted by Gasteiger charge is 2.52. The third-order valence-electron chi connectivity index (χ3n) is 4.82. The fraction of sp³-hybridized carbons (Fsp3) is 0.0909. The van der Waals surface area contributed by atoms with Crippen LogP contribution in [0.25, 0.3) is 0 Å². The Kier molecular flexibility index (Phi) is 5.43. The van der Waals surface area contributed by atoms with Crippen molar-refractivity contribution in [2.45, 2.75) is 6.04 Å². The molecule has 2 unspecified atom stereocenters. The van der Waals surface area contributed by atoms with Gasteiger partial charge in [-0.2, -0.15) is 0 Å². The molecule has 4 rings (SSSR count). The molecular formula is C22H14Br2N2O3. The molecule has 0 N–H and O–H groups in total. The Morgan fingerprint density at radius 2 is 1.48 bits per heavy atom. The van der Waals surface area contributed by atoms with E-state index in [0.29, 0.717) is 16.9 Å². The van der Waals surface area contributed by atoms with E-state index in [9.17, 15) is 14.4 Å². The first-order valence-electron chi connectivity index (χ1n) is 8.81. The molecule has 0 saturated carbocycles. The van der Waals surface area contributed by atoms with Gasteiger partial charge in [0.2, 0.25) is 5.78 Å². The minimum absolute atomic E-state index is 0.338. The molecule has 1 fully saturated rings. The second-order valence-corrected chi connectivity index (χ2v) is 8.40. The first-order valence-corrected chi connectivity index (χ1v) is 10.4. The summed E-state index contributed by atoms with van der Waals surface area (Å²) in [5, 5.41) is 0.